The van der Waals surface area contributed by atoms with Crippen molar-refractivity contribution in [2.24, 2.45) is 5.92 Å². The van der Waals surface area contributed by atoms with E-state index in [0.29, 0.717) is 24.8 Å². The second kappa shape index (κ2) is 8.59. The Bertz CT molecular complexity index is 463. The lowest BCUT2D eigenvalue weighted by Crippen LogP contribution is -2.22. The number of rotatable bonds is 9. The van der Waals surface area contributed by atoms with Crippen LogP contribution in [0.2, 0.25) is 0 Å². The molecular weight excluding hydrogens is 272 g/mol. The Balaban J connectivity index is 2.86. The zero-order chi connectivity index (χ0) is 15.8. The van der Waals surface area contributed by atoms with E-state index in [1.165, 1.54) is 6.07 Å². The zero-order valence-electron chi connectivity index (χ0n) is 13.1. The van der Waals surface area contributed by atoms with Gasteiger partial charge in [-0.25, -0.2) is 0 Å². The first-order valence-electron chi connectivity index (χ1n) is 7.07. The first-order chi connectivity index (χ1) is 9.93. The van der Waals surface area contributed by atoms with Crippen molar-refractivity contribution in [3.05, 3.63) is 33.9 Å². The van der Waals surface area contributed by atoms with E-state index in [0.717, 1.165) is 12.1 Å². The highest BCUT2D eigenvalue weighted by molar-refractivity contribution is 5.43. The van der Waals surface area contributed by atoms with Crippen LogP contribution in [0.4, 0.5) is 5.69 Å². The van der Waals surface area contributed by atoms with Crippen LogP contribution in [-0.2, 0) is 11.3 Å². The van der Waals surface area contributed by atoms with E-state index < -0.39 is 4.92 Å². The van der Waals surface area contributed by atoms with Crippen LogP contribution in [0.1, 0.15) is 26.3 Å². The van der Waals surface area contributed by atoms with Crippen LogP contribution in [0.25, 0.3) is 0 Å². The van der Waals surface area contributed by atoms with Gasteiger partial charge in [-0.15, -0.1) is 0 Å². The molecule has 0 radical (unpaired) electrons. The minimum Gasteiger partial charge on any atom is -0.488 e. The van der Waals surface area contributed by atoms with Crippen LogP contribution >= 0.6 is 0 Å². The summed E-state index contributed by atoms with van der Waals surface area (Å²) in [6.45, 7) is 7.97. The molecule has 0 saturated carbocycles. The molecule has 0 aliphatic heterocycles. The van der Waals surface area contributed by atoms with E-state index in [1.54, 1.807) is 19.2 Å². The van der Waals surface area contributed by atoms with Crippen LogP contribution < -0.4 is 10.1 Å². The number of nitro groups is 1. The number of ether oxygens (including phenoxy) is 2. The van der Waals surface area contributed by atoms with Gasteiger partial charge in [0.15, 0.2) is 0 Å². The molecule has 21 heavy (non-hydrogen) atoms. The molecule has 6 nitrogen and oxygen atoms in total. The second-order valence-corrected chi connectivity index (χ2v) is 5.46. The number of nitrogens with one attached hydrogen (secondary N) is 1. The van der Waals surface area contributed by atoms with E-state index >= 15 is 0 Å². The molecule has 0 amide bonds. The predicted octanol–water partition coefficient (Wildman–Crippen LogP) is 2.75. The number of hydrogen-bond donors (Lipinski definition) is 1. The van der Waals surface area contributed by atoms with Crippen molar-refractivity contribution >= 4 is 5.69 Å². The number of methoxy groups -OCH3 is 1. The van der Waals surface area contributed by atoms with Crippen molar-refractivity contribution in [3.8, 4) is 5.75 Å². The van der Waals surface area contributed by atoms with Crippen molar-refractivity contribution in [1.82, 2.24) is 5.32 Å². The van der Waals surface area contributed by atoms with Gasteiger partial charge in [-0.2, -0.15) is 0 Å². The Hall–Kier alpha value is -1.66. The molecule has 1 N–H and O–H groups in total. The summed E-state index contributed by atoms with van der Waals surface area (Å²) in [4.78, 5) is 10.5. The summed E-state index contributed by atoms with van der Waals surface area (Å²) in [5.74, 6) is 1.17. The molecule has 118 valence electrons. The number of nitrogens with zero attached hydrogens (tertiary/aromatic N) is 1. The lowest BCUT2D eigenvalue weighted by Gasteiger charge is -2.17. The van der Waals surface area contributed by atoms with Crippen molar-refractivity contribution in [1.29, 1.82) is 0 Å². The summed E-state index contributed by atoms with van der Waals surface area (Å²) in [5.41, 5.74) is 0.857. The third-order valence-electron chi connectivity index (χ3n) is 2.85. The maximum atomic E-state index is 10.9. The number of benzene rings is 1. The lowest BCUT2D eigenvalue weighted by atomic mass is 10.1. The summed E-state index contributed by atoms with van der Waals surface area (Å²) in [7, 11) is 1.61. The molecule has 1 rings (SSSR count). The Kier molecular flexibility index (Phi) is 7.11. The van der Waals surface area contributed by atoms with Gasteiger partial charge in [-0.05, 0) is 25.5 Å². The summed E-state index contributed by atoms with van der Waals surface area (Å²) in [5, 5.41) is 14.2. The quantitative estimate of drug-likeness (QED) is 0.560. The largest absolute Gasteiger partial charge is 0.488 e. The van der Waals surface area contributed by atoms with Gasteiger partial charge in [-0.1, -0.05) is 13.8 Å². The highest BCUT2D eigenvalue weighted by Gasteiger charge is 2.14. The maximum Gasteiger partial charge on any atom is 0.270 e. The predicted molar refractivity (Wildman–Crippen MR) is 81.6 cm³/mol. The third-order valence-corrected chi connectivity index (χ3v) is 2.85. The Morgan fingerprint density at radius 3 is 2.62 bits per heavy atom. The fraction of sp³-hybridized carbons (Fsp3) is 0.600. The van der Waals surface area contributed by atoms with E-state index in [9.17, 15) is 10.1 Å². The van der Waals surface area contributed by atoms with Crippen molar-refractivity contribution in [2.75, 3.05) is 20.3 Å². The monoisotopic (exact) mass is 296 g/mol. The lowest BCUT2D eigenvalue weighted by molar-refractivity contribution is -0.384. The molecule has 1 atom stereocenters. The zero-order valence-corrected chi connectivity index (χ0v) is 13.1. The molecule has 6 heteroatoms. The molecule has 0 bridgehead atoms. The number of nitro benzene ring substituents is 1. The molecule has 0 spiro atoms. The molecule has 0 aliphatic carbocycles. The summed E-state index contributed by atoms with van der Waals surface area (Å²) in [6, 6.07) is 4.67. The molecule has 0 saturated heterocycles. The molecule has 1 aromatic carbocycles. The van der Waals surface area contributed by atoms with Crippen LogP contribution in [0.15, 0.2) is 18.2 Å². The topological polar surface area (TPSA) is 73.6 Å². The molecule has 0 aromatic heterocycles. The molecule has 1 unspecified atom stereocenters. The molecule has 0 aliphatic rings. The maximum absolute atomic E-state index is 10.9. The Labute approximate surface area is 125 Å². The Morgan fingerprint density at radius 2 is 2.05 bits per heavy atom. The van der Waals surface area contributed by atoms with Gasteiger partial charge in [0.2, 0.25) is 0 Å². The van der Waals surface area contributed by atoms with Crippen LogP contribution in [0, 0.1) is 16.0 Å². The summed E-state index contributed by atoms with van der Waals surface area (Å²) < 4.78 is 10.8. The Morgan fingerprint density at radius 1 is 1.33 bits per heavy atom. The molecule has 0 heterocycles. The van der Waals surface area contributed by atoms with Crippen molar-refractivity contribution in [2.45, 2.75) is 33.4 Å². The number of non-ortho nitro benzene ring substituents is 1. The second-order valence-electron chi connectivity index (χ2n) is 5.46. The highest BCUT2D eigenvalue weighted by atomic mass is 16.6. The average Bonchev–Trinajstić information content (AvgIpc) is 2.40. The first kappa shape index (κ1) is 17.4. The fourth-order valence-corrected chi connectivity index (χ4v) is 1.91. The average molecular weight is 296 g/mol. The third kappa shape index (κ3) is 6.10. The smallest absolute Gasteiger partial charge is 0.270 e. The van der Waals surface area contributed by atoms with E-state index in [2.05, 4.69) is 19.2 Å². The van der Waals surface area contributed by atoms with Crippen LogP contribution in [0.3, 0.4) is 0 Å². The molecule has 0 fully saturated rings. The number of hydrogen-bond acceptors (Lipinski definition) is 5. The van der Waals surface area contributed by atoms with Gasteiger partial charge in [-0.3, -0.25) is 10.1 Å². The van der Waals surface area contributed by atoms with Gasteiger partial charge in [0.1, 0.15) is 11.9 Å². The van der Waals surface area contributed by atoms with Gasteiger partial charge in [0.05, 0.1) is 11.5 Å². The minimum atomic E-state index is -0.395. The normalized spacial score (nSPS) is 12.4. The van der Waals surface area contributed by atoms with Gasteiger partial charge < -0.3 is 14.8 Å². The minimum absolute atomic E-state index is 0.0723. The van der Waals surface area contributed by atoms with Gasteiger partial charge in [0, 0.05) is 31.4 Å². The van der Waals surface area contributed by atoms with Gasteiger partial charge >= 0.3 is 0 Å². The SMILES string of the molecule is COCC(C)Oc1ccc([N+](=O)[O-])cc1CNCC(C)C. The fourth-order valence-electron chi connectivity index (χ4n) is 1.91. The molecular formula is C15H24N2O4. The van der Waals surface area contributed by atoms with E-state index in [1.807, 2.05) is 6.92 Å². The van der Waals surface area contributed by atoms with Crippen LogP contribution in [-0.4, -0.2) is 31.3 Å². The summed E-state index contributed by atoms with van der Waals surface area (Å²) in [6.07, 6.45) is -0.111. The standard InChI is InChI=1S/C15H24N2O4/c1-11(2)8-16-9-13-7-14(17(18)19)5-6-15(13)21-12(3)10-20-4/h5-7,11-12,16H,8-10H2,1-4H3. The first-order valence-corrected chi connectivity index (χ1v) is 7.07. The van der Waals surface area contributed by atoms with E-state index in [-0.39, 0.29) is 11.8 Å². The van der Waals surface area contributed by atoms with Gasteiger partial charge in [0.25, 0.3) is 5.69 Å². The van der Waals surface area contributed by atoms with Crippen LogP contribution in [0.5, 0.6) is 5.75 Å². The molecule has 1 aromatic rings. The van der Waals surface area contributed by atoms with Crippen molar-refractivity contribution < 1.29 is 14.4 Å². The van der Waals surface area contributed by atoms with Crippen molar-refractivity contribution in [3.63, 3.8) is 0 Å². The van der Waals surface area contributed by atoms with E-state index in [4.69, 9.17) is 9.47 Å². The highest BCUT2D eigenvalue weighted by Crippen LogP contribution is 2.25. The summed E-state index contributed by atoms with van der Waals surface area (Å²) >= 11 is 0.